The highest BCUT2D eigenvalue weighted by Crippen LogP contribution is 2.30. The number of primary amides is 1. The van der Waals surface area contributed by atoms with Crippen LogP contribution in [-0.4, -0.2) is 52.4 Å². The average Bonchev–Trinajstić information content (AvgIpc) is 2.72. The summed E-state index contributed by atoms with van der Waals surface area (Å²) in [5, 5.41) is 5.52. The van der Waals surface area contributed by atoms with Gasteiger partial charge >= 0.3 is 6.09 Å². The predicted molar refractivity (Wildman–Crippen MR) is 135 cm³/mol. The number of benzene rings is 1. The van der Waals surface area contributed by atoms with E-state index in [0.717, 1.165) is 12.8 Å². The van der Waals surface area contributed by atoms with Gasteiger partial charge in [-0.25, -0.2) is 4.79 Å². The first-order valence-corrected chi connectivity index (χ1v) is 12.1. The van der Waals surface area contributed by atoms with Gasteiger partial charge in [-0.1, -0.05) is 43.7 Å². The molecule has 2 atom stereocenters. The zero-order valence-corrected chi connectivity index (χ0v) is 22.1. The first-order valence-electron chi connectivity index (χ1n) is 12.1. The van der Waals surface area contributed by atoms with Gasteiger partial charge in [-0.3, -0.25) is 14.4 Å². The van der Waals surface area contributed by atoms with E-state index < -0.39 is 41.1 Å². The molecule has 0 heterocycles. The van der Waals surface area contributed by atoms with Crippen molar-refractivity contribution < 1.29 is 23.9 Å². The lowest BCUT2D eigenvalue weighted by Gasteiger charge is -2.43. The molecule has 4 amide bonds. The summed E-state index contributed by atoms with van der Waals surface area (Å²) in [6.07, 6.45) is 0.769. The van der Waals surface area contributed by atoms with Crippen molar-refractivity contribution in [2.75, 3.05) is 6.54 Å². The van der Waals surface area contributed by atoms with Gasteiger partial charge in [-0.05, 0) is 59.9 Å². The van der Waals surface area contributed by atoms with Crippen LogP contribution >= 0.6 is 0 Å². The van der Waals surface area contributed by atoms with Crippen molar-refractivity contribution in [1.82, 2.24) is 15.5 Å². The molecule has 9 nitrogen and oxygen atoms in total. The van der Waals surface area contributed by atoms with E-state index in [9.17, 15) is 19.2 Å². The number of carbonyl (C=O) groups excluding carboxylic acids is 4. The topological polar surface area (TPSA) is 131 Å². The van der Waals surface area contributed by atoms with Crippen molar-refractivity contribution >= 4 is 23.8 Å². The molecule has 9 heteroatoms. The molecular formula is C26H42N4O5. The Balaban J connectivity index is 3.45. The minimum Gasteiger partial charge on any atom is -0.444 e. The van der Waals surface area contributed by atoms with E-state index in [1.165, 1.54) is 4.90 Å². The molecule has 0 spiro atoms. The normalized spacial score (nSPS) is 13.3. The van der Waals surface area contributed by atoms with E-state index in [2.05, 4.69) is 10.6 Å². The first kappa shape index (κ1) is 29.9. The van der Waals surface area contributed by atoms with Crippen molar-refractivity contribution in [3.63, 3.8) is 0 Å². The molecule has 35 heavy (non-hydrogen) atoms. The highest BCUT2D eigenvalue weighted by molar-refractivity contribution is 5.93. The van der Waals surface area contributed by atoms with Crippen LogP contribution in [-0.2, 0) is 19.1 Å². The van der Waals surface area contributed by atoms with Gasteiger partial charge in [-0.2, -0.15) is 0 Å². The zero-order valence-electron chi connectivity index (χ0n) is 22.1. The summed E-state index contributed by atoms with van der Waals surface area (Å²) in [5.74, 6) is -1.43. The van der Waals surface area contributed by atoms with Crippen LogP contribution in [0.3, 0.4) is 0 Å². The summed E-state index contributed by atoms with van der Waals surface area (Å²) < 4.78 is 5.33. The SMILES string of the molecule is CCCCNC(=O)C(c1ccccc1)N(C(=O)C(CCC(N)=O)NC(=O)OC(C)(C)C)C(C)(C)C. The van der Waals surface area contributed by atoms with E-state index in [4.69, 9.17) is 10.5 Å². The molecule has 0 bridgehead atoms. The summed E-state index contributed by atoms with van der Waals surface area (Å²) in [7, 11) is 0. The molecule has 2 unspecified atom stereocenters. The maximum atomic E-state index is 14.0. The Hall–Kier alpha value is -3.10. The van der Waals surface area contributed by atoms with Crippen molar-refractivity contribution in [3.05, 3.63) is 35.9 Å². The molecule has 0 aliphatic heterocycles. The minimum absolute atomic E-state index is 0.0288. The van der Waals surface area contributed by atoms with E-state index >= 15 is 0 Å². The smallest absolute Gasteiger partial charge is 0.408 e. The van der Waals surface area contributed by atoms with Crippen LogP contribution < -0.4 is 16.4 Å². The second-order valence-electron chi connectivity index (χ2n) is 10.5. The van der Waals surface area contributed by atoms with Crippen LogP contribution in [0.1, 0.15) is 85.8 Å². The Bertz CT molecular complexity index is 859. The van der Waals surface area contributed by atoms with Gasteiger partial charge in [0.2, 0.25) is 17.7 Å². The number of alkyl carbamates (subject to hydrolysis) is 1. The Morgan fingerprint density at radius 3 is 2.11 bits per heavy atom. The summed E-state index contributed by atoms with van der Waals surface area (Å²) in [6, 6.07) is 6.94. The number of carbonyl (C=O) groups is 4. The Morgan fingerprint density at radius 2 is 1.63 bits per heavy atom. The number of unbranched alkanes of at least 4 members (excludes halogenated alkanes) is 1. The van der Waals surface area contributed by atoms with Crippen LogP contribution in [0, 0.1) is 0 Å². The molecule has 0 aliphatic carbocycles. The van der Waals surface area contributed by atoms with Gasteiger partial charge in [0.05, 0.1) is 0 Å². The number of nitrogens with two attached hydrogens (primary N) is 1. The first-order chi connectivity index (χ1) is 16.2. The fraction of sp³-hybridized carbons (Fsp3) is 0.615. The zero-order chi connectivity index (χ0) is 26.8. The molecule has 0 saturated carbocycles. The van der Waals surface area contributed by atoms with E-state index in [1.54, 1.807) is 45.0 Å². The molecule has 1 aromatic carbocycles. The van der Waals surface area contributed by atoms with Crippen molar-refractivity contribution in [3.8, 4) is 0 Å². The van der Waals surface area contributed by atoms with Crippen LogP contribution in [0.25, 0.3) is 0 Å². The van der Waals surface area contributed by atoms with Crippen LogP contribution in [0.5, 0.6) is 0 Å². The quantitative estimate of drug-likeness (QED) is 0.409. The highest BCUT2D eigenvalue weighted by atomic mass is 16.6. The molecule has 196 valence electrons. The summed E-state index contributed by atoms with van der Waals surface area (Å²) in [5.41, 5.74) is 4.38. The molecule has 1 rings (SSSR count). The Kier molecular flexibility index (Phi) is 11.2. The lowest BCUT2D eigenvalue weighted by Crippen LogP contribution is -2.58. The fourth-order valence-corrected chi connectivity index (χ4v) is 3.54. The van der Waals surface area contributed by atoms with Crippen molar-refractivity contribution in [2.45, 2.75) is 97.4 Å². The number of nitrogens with zero attached hydrogens (tertiary/aromatic N) is 1. The maximum absolute atomic E-state index is 14.0. The van der Waals surface area contributed by atoms with Gasteiger partial charge < -0.3 is 26.0 Å². The standard InChI is InChI=1S/C26H42N4O5/c1-8-9-17-28-22(32)21(18-13-11-10-12-14-18)30(25(2,3)4)23(33)19(15-16-20(27)31)29-24(34)35-26(5,6)7/h10-14,19,21H,8-9,15-17H2,1-7H3,(H2,27,31)(H,28,32)(H,29,34). The molecule has 0 aliphatic rings. The van der Waals surface area contributed by atoms with Crippen LogP contribution in [0.2, 0.25) is 0 Å². The average molecular weight is 491 g/mol. The minimum atomic E-state index is -1.12. The number of hydrogen-bond donors (Lipinski definition) is 3. The maximum Gasteiger partial charge on any atom is 0.408 e. The van der Waals surface area contributed by atoms with Crippen LogP contribution in [0.4, 0.5) is 4.79 Å². The predicted octanol–water partition coefficient (Wildman–Crippen LogP) is 3.43. The fourth-order valence-electron chi connectivity index (χ4n) is 3.54. The molecular weight excluding hydrogens is 448 g/mol. The number of amides is 4. The third-order valence-corrected chi connectivity index (χ3v) is 5.08. The van der Waals surface area contributed by atoms with Gasteiger partial charge in [-0.15, -0.1) is 0 Å². The van der Waals surface area contributed by atoms with Gasteiger partial charge in [0.25, 0.3) is 0 Å². The van der Waals surface area contributed by atoms with Crippen molar-refractivity contribution in [2.24, 2.45) is 5.73 Å². The second kappa shape index (κ2) is 13.1. The molecule has 1 aromatic rings. The molecule has 0 fully saturated rings. The summed E-state index contributed by atoms with van der Waals surface area (Å²) in [4.78, 5) is 52.9. The Labute approximate surface area is 209 Å². The number of rotatable bonds is 11. The Morgan fingerprint density at radius 1 is 1.03 bits per heavy atom. The monoisotopic (exact) mass is 490 g/mol. The third kappa shape index (κ3) is 10.4. The van der Waals surface area contributed by atoms with E-state index in [-0.39, 0.29) is 18.7 Å². The van der Waals surface area contributed by atoms with E-state index in [1.807, 2.05) is 33.8 Å². The third-order valence-electron chi connectivity index (χ3n) is 5.08. The lowest BCUT2D eigenvalue weighted by molar-refractivity contribution is -0.148. The molecule has 0 radical (unpaired) electrons. The van der Waals surface area contributed by atoms with Gasteiger partial charge in [0, 0.05) is 18.5 Å². The largest absolute Gasteiger partial charge is 0.444 e. The molecule has 0 aromatic heterocycles. The number of hydrogen-bond acceptors (Lipinski definition) is 5. The number of nitrogens with one attached hydrogen (secondary N) is 2. The summed E-state index contributed by atoms with van der Waals surface area (Å²) >= 11 is 0. The van der Waals surface area contributed by atoms with Crippen LogP contribution in [0.15, 0.2) is 30.3 Å². The second-order valence-corrected chi connectivity index (χ2v) is 10.5. The molecule has 4 N–H and O–H groups in total. The number of ether oxygens (including phenoxy) is 1. The van der Waals surface area contributed by atoms with Gasteiger partial charge in [0.15, 0.2) is 0 Å². The molecule has 0 saturated heterocycles. The van der Waals surface area contributed by atoms with E-state index in [0.29, 0.717) is 12.1 Å². The lowest BCUT2D eigenvalue weighted by atomic mass is 9.94. The van der Waals surface area contributed by atoms with Gasteiger partial charge in [0.1, 0.15) is 17.7 Å². The summed E-state index contributed by atoms with van der Waals surface area (Å²) in [6.45, 7) is 13.1. The van der Waals surface area contributed by atoms with Crippen molar-refractivity contribution in [1.29, 1.82) is 0 Å². The highest BCUT2D eigenvalue weighted by Gasteiger charge is 2.41.